The van der Waals surface area contributed by atoms with Gasteiger partial charge in [-0.1, -0.05) is 53.8 Å². The van der Waals surface area contributed by atoms with Crippen molar-refractivity contribution in [2.24, 2.45) is 0 Å². The van der Waals surface area contributed by atoms with Crippen LogP contribution < -0.4 is 4.74 Å². The van der Waals surface area contributed by atoms with Crippen molar-refractivity contribution in [1.29, 1.82) is 0 Å². The number of hydrogen-bond acceptors (Lipinski definition) is 6. The third-order valence-corrected chi connectivity index (χ3v) is 6.20. The molecule has 25 heavy (non-hydrogen) atoms. The normalized spacial score (nSPS) is 11.2. The van der Waals surface area contributed by atoms with Gasteiger partial charge < -0.3 is 4.74 Å². The average molecular weight is 375 g/mol. The van der Waals surface area contributed by atoms with Gasteiger partial charge >= 0.3 is 5.69 Å². The van der Waals surface area contributed by atoms with Gasteiger partial charge in [0.05, 0.1) is 4.92 Å². The van der Waals surface area contributed by atoms with Crippen LogP contribution in [-0.2, 0) is 9.84 Å². The Labute approximate surface area is 148 Å². The van der Waals surface area contributed by atoms with E-state index in [2.05, 4.69) is 0 Å². The van der Waals surface area contributed by atoms with Gasteiger partial charge in [0.2, 0.25) is 0 Å². The lowest BCUT2D eigenvalue weighted by Gasteiger charge is -2.05. The summed E-state index contributed by atoms with van der Waals surface area (Å²) in [6.07, 6.45) is 1.00. The molecule has 0 aliphatic carbocycles. The number of rotatable bonds is 5. The highest BCUT2D eigenvalue weighted by Crippen LogP contribution is 2.41. The summed E-state index contributed by atoms with van der Waals surface area (Å²) in [5.41, 5.74) is 1.65. The molecule has 3 rings (SSSR count). The summed E-state index contributed by atoms with van der Waals surface area (Å²) in [6, 6.07) is 17.8. The second kappa shape index (κ2) is 6.66. The Hall–Kier alpha value is -2.71. The maximum atomic E-state index is 11.6. The van der Waals surface area contributed by atoms with Crippen LogP contribution in [0.25, 0.3) is 11.1 Å². The monoisotopic (exact) mass is 375 g/mol. The summed E-state index contributed by atoms with van der Waals surface area (Å²) in [5, 5.41) is 11.1. The quantitative estimate of drug-likeness (QED) is 0.483. The van der Waals surface area contributed by atoms with Crippen LogP contribution in [0.5, 0.6) is 10.8 Å². The molecule has 0 amide bonds. The molecule has 1 heterocycles. The Morgan fingerprint density at radius 2 is 1.60 bits per heavy atom. The van der Waals surface area contributed by atoms with Gasteiger partial charge in [-0.3, -0.25) is 10.1 Å². The van der Waals surface area contributed by atoms with E-state index < -0.39 is 14.8 Å². The zero-order chi connectivity index (χ0) is 18.0. The molecule has 1 aromatic heterocycles. The van der Waals surface area contributed by atoms with Crippen LogP contribution in [0.1, 0.15) is 0 Å². The molecule has 6 nitrogen and oxygen atoms in total. The van der Waals surface area contributed by atoms with Crippen molar-refractivity contribution in [1.82, 2.24) is 0 Å². The van der Waals surface area contributed by atoms with E-state index in [1.165, 1.54) is 0 Å². The van der Waals surface area contributed by atoms with Gasteiger partial charge in [0, 0.05) is 12.3 Å². The molecule has 0 saturated heterocycles. The summed E-state index contributed by atoms with van der Waals surface area (Å²) in [4.78, 5) is 10.5. The van der Waals surface area contributed by atoms with Gasteiger partial charge in [-0.15, -0.1) is 0 Å². The van der Waals surface area contributed by atoms with E-state index in [-0.39, 0.29) is 15.0 Å². The number of benzene rings is 2. The number of hydrogen-bond donors (Lipinski definition) is 0. The third kappa shape index (κ3) is 3.86. The molecule has 0 aliphatic heterocycles. The molecule has 0 saturated carbocycles. The standard InChI is InChI=1S/C17H13NO5S2/c1-25(21,22)16-11-15(18(19)20)17(24-16)23-14-9-7-13(8-10-14)12-5-3-2-4-6-12/h2-11H,1H3. The molecule has 0 radical (unpaired) electrons. The highest BCUT2D eigenvalue weighted by atomic mass is 32.2. The summed E-state index contributed by atoms with van der Waals surface area (Å²) >= 11 is 0.738. The number of ether oxygens (including phenoxy) is 1. The van der Waals surface area contributed by atoms with Gasteiger partial charge in [-0.25, -0.2) is 8.42 Å². The van der Waals surface area contributed by atoms with Crippen LogP contribution in [0.4, 0.5) is 5.69 Å². The molecule has 2 aromatic carbocycles. The van der Waals surface area contributed by atoms with Crippen molar-refractivity contribution in [2.75, 3.05) is 6.26 Å². The highest BCUT2D eigenvalue weighted by Gasteiger charge is 2.25. The molecule has 0 unspecified atom stereocenters. The first-order valence-corrected chi connectivity index (χ1v) is 9.87. The van der Waals surface area contributed by atoms with E-state index in [0.29, 0.717) is 5.75 Å². The topological polar surface area (TPSA) is 86.5 Å². The first kappa shape index (κ1) is 17.1. The molecule has 3 aromatic rings. The van der Waals surface area contributed by atoms with E-state index >= 15 is 0 Å². The molecule has 0 spiro atoms. The average Bonchev–Trinajstić information content (AvgIpc) is 3.01. The molecule has 0 aliphatic rings. The predicted molar refractivity (Wildman–Crippen MR) is 96.0 cm³/mol. The largest absolute Gasteiger partial charge is 0.440 e. The molecule has 0 fully saturated rings. The molecule has 8 heteroatoms. The SMILES string of the molecule is CS(=O)(=O)c1cc([N+](=O)[O-])c(Oc2ccc(-c3ccccc3)cc2)s1. The summed E-state index contributed by atoms with van der Waals surface area (Å²) < 4.78 is 28.7. The summed E-state index contributed by atoms with van der Waals surface area (Å²) in [6.45, 7) is 0. The Kier molecular flexibility index (Phi) is 4.56. The fourth-order valence-corrected chi connectivity index (χ4v) is 4.07. The van der Waals surface area contributed by atoms with Gasteiger partial charge in [0.15, 0.2) is 9.84 Å². The molecular weight excluding hydrogens is 362 g/mol. The Morgan fingerprint density at radius 1 is 1.00 bits per heavy atom. The smallest absolute Gasteiger partial charge is 0.324 e. The number of nitro groups is 1. The van der Waals surface area contributed by atoms with E-state index in [9.17, 15) is 18.5 Å². The van der Waals surface area contributed by atoms with Crippen LogP contribution >= 0.6 is 11.3 Å². The minimum absolute atomic E-state index is 0.0575. The third-order valence-electron chi connectivity index (χ3n) is 3.39. The van der Waals surface area contributed by atoms with Crippen molar-refractivity contribution in [3.8, 4) is 21.9 Å². The molecule has 0 bridgehead atoms. The summed E-state index contributed by atoms with van der Waals surface area (Å²) in [5.74, 6) is 0.393. The second-order valence-electron chi connectivity index (χ2n) is 5.26. The van der Waals surface area contributed by atoms with E-state index in [4.69, 9.17) is 4.74 Å². The minimum atomic E-state index is -3.54. The number of nitrogens with zero attached hydrogens (tertiary/aromatic N) is 1. The van der Waals surface area contributed by atoms with Gasteiger partial charge in [0.25, 0.3) is 5.06 Å². The van der Waals surface area contributed by atoms with Crippen LogP contribution in [0.2, 0.25) is 0 Å². The molecule has 128 valence electrons. The zero-order valence-electron chi connectivity index (χ0n) is 13.1. The van der Waals surface area contributed by atoms with Crippen molar-refractivity contribution >= 4 is 26.9 Å². The second-order valence-corrected chi connectivity index (χ2v) is 8.52. The Morgan fingerprint density at radius 3 is 2.16 bits per heavy atom. The lowest BCUT2D eigenvalue weighted by molar-refractivity contribution is -0.385. The fraction of sp³-hybridized carbons (Fsp3) is 0.0588. The zero-order valence-corrected chi connectivity index (χ0v) is 14.7. The maximum absolute atomic E-state index is 11.6. The van der Waals surface area contributed by atoms with Crippen LogP contribution in [0.15, 0.2) is 64.9 Å². The summed E-state index contributed by atoms with van der Waals surface area (Å²) in [7, 11) is -3.54. The van der Waals surface area contributed by atoms with Gasteiger partial charge in [0.1, 0.15) is 9.96 Å². The minimum Gasteiger partial charge on any atom is -0.440 e. The first-order chi connectivity index (χ1) is 11.8. The highest BCUT2D eigenvalue weighted by molar-refractivity contribution is 7.92. The van der Waals surface area contributed by atoms with E-state index in [1.54, 1.807) is 12.1 Å². The lowest BCUT2D eigenvalue weighted by Crippen LogP contribution is -1.92. The maximum Gasteiger partial charge on any atom is 0.324 e. The Balaban J connectivity index is 1.90. The van der Waals surface area contributed by atoms with Crippen LogP contribution in [-0.4, -0.2) is 19.6 Å². The van der Waals surface area contributed by atoms with E-state index in [0.717, 1.165) is 34.8 Å². The lowest BCUT2D eigenvalue weighted by atomic mass is 10.1. The molecule has 0 N–H and O–H groups in total. The first-order valence-electron chi connectivity index (χ1n) is 7.16. The fourth-order valence-electron chi connectivity index (χ4n) is 2.18. The van der Waals surface area contributed by atoms with Crippen LogP contribution in [0, 0.1) is 10.1 Å². The van der Waals surface area contributed by atoms with Gasteiger partial charge in [-0.05, 0) is 23.3 Å². The van der Waals surface area contributed by atoms with E-state index in [1.807, 2.05) is 42.5 Å². The van der Waals surface area contributed by atoms with Crippen molar-refractivity contribution < 1.29 is 18.1 Å². The van der Waals surface area contributed by atoms with Gasteiger partial charge in [-0.2, -0.15) is 0 Å². The number of sulfone groups is 1. The van der Waals surface area contributed by atoms with Crippen LogP contribution in [0.3, 0.4) is 0 Å². The molecule has 0 atom stereocenters. The molecular formula is C17H13NO5S2. The van der Waals surface area contributed by atoms with Crippen molar-refractivity contribution in [2.45, 2.75) is 4.21 Å². The number of thiophene rings is 1. The van der Waals surface area contributed by atoms with Crippen molar-refractivity contribution in [3.05, 3.63) is 70.8 Å². The predicted octanol–water partition coefficient (Wildman–Crippen LogP) is 4.52. The van der Waals surface area contributed by atoms with Crippen molar-refractivity contribution in [3.63, 3.8) is 0 Å². The Bertz CT molecular complexity index is 1010.